The molecule has 1 saturated carbocycles. The summed E-state index contributed by atoms with van der Waals surface area (Å²) < 4.78 is 28.8. The summed E-state index contributed by atoms with van der Waals surface area (Å²) in [6.45, 7) is 4.46. The second kappa shape index (κ2) is 7.51. The molecule has 1 aliphatic carbocycles. The fourth-order valence-electron chi connectivity index (χ4n) is 2.69. The Morgan fingerprint density at radius 2 is 2.16 bits per heavy atom. The third kappa shape index (κ3) is 4.18. The lowest BCUT2D eigenvalue weighted by Crippen LogP contribution is -2.28. The van der Waals surface area contributed by atoms with Crippen molar-refractivity contribution in [3.63, 3.8) is 0 Å². The second-order valence-electron chi connectivity index (χ2n) is 6.10. The van der Waals surface area contributed by atoms with E-state index in [1.807, 2.05) is 11.5 Å². The molecule has 0 saturated heterocycles. The van der Waals surface area contributed by atoms with Crippen LogP contribution in [0.2, 0.25) is 0 Å². The van der Waals surface area contributed by atoms with Crippen LogP contribution in [0.1, 0.15) is 50.0 Å². The molecule has 1 aliphatic rings. The van der Waals surface area contributed by atoms with Crippen molar-refractivity contribution in [1.29, 1.82) is 0 Å². The molecule has 1 aromatic heterocycles. The van der Waals surface area contributed by atoms with Crippen molar-refractivity contribution in [3.8, 4) is 0 Å². The van der Waals surface area contributed by atoms with Gasteiger partial charge in [-0.3, -0.25) is 4.79 Å². The van der Waals surface area contributed by atoms with E-state index < -0.39 is 17.7 Å². The molecule has 2 aromatic rings. The van der Waals surface area contributed by atoms with Gasteiger partial charge in [-0.05, 0) is 32.8 Å². The highest BCUT2D eigenvalue weighted by Crippen LogP contribution is 2.39. The van der Waals surface area contributed by atoms with Gasteiger partial charge in [0.15, 0.2) is 5.16 Å². The molecule has 1 amide bonds. The van der Waals surface area contributed by atoms with Crippen LogP contribution >= 0.6 is 11.8 Å². The highest BCUT2D eigenvalue weighted by Gasteiger charge is 2.30. The molecular formula is C17H20F2N4OS. The van der Waals surface area contributed by atoms with Crippen molar-refractivity contribution < 1.29 is 13.6 Å². The second-order valence-corrected chi connectivity index (χ2v) is 7.05. The number of thioether (sulfide) groups is 1. The minimum atomic E-state index is -0.666. The van der Waals surface area contributed by atoms with E-state index in [0.29, 0.717) is 5.92 Å². The summed E-state index contributed by atoms with van der Waals surface area (Å²) in [5, 5.41) is 11.9. The Hall–Kier alpha value is -1.96. The minimum absolute atomic E-state index is 0.163. The lowest BCUT2D eigenvalue weighted by molar-refractivity contribution is -0.119. The van der Waals surface area contributed by atoms with Crippen LogP contribution in [0, 0.1) is 11.6 Å². The zero-order valence-corrected chi connectivity index (χ0v) is 14.9. The molecule has 5 nitrogen and oxygen atoms in total. The standard InChI is InChI=1S/C17H20F2N4OS/c1-3-23-16(11-4-5-11)21-22-17(23)25-9-15(24)20-10(2)13-7-6-12(18)8-14(13)19/h6-8,10-11H,3-5,9H2,1-2H3,(H,20,24)/t10-/m0/s1. The first kappa shape index (κ1) is 17.8. The number of carbonyl (C=O) groups is 1. The van der Waals surface area contributed by atoms with Gasteiger partial charge in [-0.2, -0.15) is 0 Å². The van der Waals surface area contributed by atoms with Gasteiger partial charge >= 0.3 is 0 Å². The Balaban J connectivity index is 1.57. The average Bonchev–Trinajstić information content (AvgIpc) is 3.32. The first-order valence-electron chi connectivity index (χ1n) is 8.29. The number of carbonyl (C=O) groups excluding carboxylic acids is 1. The van der Waals surface area contributed by atoms with Crippen molar-refractivity contribution in [3.05, 3.63) is 41.2 Å². The van der Waals surface area contributed by atoms with Crippen LogP contribution in [0.5, 0.6) is 0 Å². The van der Waals surface area contributed by atoms with E-state index >= 15 is 0 Å². The van der Waals surface area contributed by atoms with Gasteiger partial charge in [0, 0.05) is 24.1 Å². The smallest absolute Gasteiger partial charge is 0.230 e. The summed E-state index contributed by atoms with van der Waals surface area (Å²) in [6.07, 6.45) is 2.29. The van der Waals surface area contributed by atoms with Crippen molar-refractivity contribution in [2.75, 3.05) is 5.75 Å². The van der Waals surface area contributed by atoms with Gasteiger partial charge in [0.25, 0.3) is 0 Å². The van der Waals surface area contributed by atoms with E-state index in [0.717, 1.165) is 36.4 Å². The number of nitrogens with zero attached hydrogens (tertiary/aromatic N) is 3. The first-order valence-corrected chi connectivity index (χ1v) is 9.28. The highest BCUT2D eigenvalue weighted by molar-refractivity contribution is 7.99. The van der Waals surface area contributed by atoms with E-state index in [4.69, 9.17) is 0 Å². The van der Waals surface area contributed by atoms with Gasteiger partial charge in [-0.25, -0.2) is 8.78 Å². The normalized spacial score (nSPS) is 15.2. The largest absolute Gasteiger partial charge is 0.349 e. The van der Waals surface area contributed by atoms with Crippen LogP contribution in [0.3, 0.4) is 0 Å². The van der Waals surface area contributed by atoms with Crippen LogP contribution in [0.15, 0.2) is 23.4 Å². The van der Waals surface area contributed by atoms with Gasteiger partial charge in [-0.15, -0.1) is 10.2 Å². The molecule has 1 heterocycles. The molecule has 0 spiro atoms. The molecule has 1 fully saturated rings. The van der Waals surface area contributed by atoms with Crippen molar-refractivity contribution in [1.82, 2.24) is 20.1 Å². The Morgan fingerprint density at radius 3 is 2.80 bits per heavy atom. The predicted molar refractivity (Wildman–Crippen MR) is 91.3 cm³/mol. The SMILES string of the molecule is CCn1c(SCC(=O)N[C@@H](C)c2ccc(F)cc2F)nnc1C1CC1. The van der Waals surface area contributed by atoms with E-state index in [2.05, 4.69) is 15.5 Å². The van der Waals surface area contributed by atoms with Crippen LogP contribution in [0.25, 0.3) is 0 Å². The zero-order valence-electron chi connectivity index (χ0n) is 14.1. The molecule has 0 radical (unpaired) electrons. The van der Waals surface area contributed by atoms with Gasteiger partial charge in [0.05, 0.1) is 11.8 Å². The zero-order chi connectivity index (χ0) is 18.0. The average molecular weight is 366 g/mol. The Morgan fingerprint density at radius 1 is 1.40 bits per heavy atom. The number of benzene rings is 1. The monoisotopic (exact) mass is 366 g/mol. The minimum Gasteiger partial charge on any atom is -0.349 e. The molecule has 134 valence electrons. The summed E-state index contributed by atoms with van der Waals surface area (Å²) in [4.78, 5) is 12.1. The van der Waals surface area contributed by atoms with Gasteiger partial charge in [-0.1, -0.05) is 17.8 Å². The van der Waals surface area contributed by atoms with E-state index in [1.54, 1.807) is 6.92 Å². The molecule has 0 aliphatic heterocycles. The lowest BCUT2D eigenvalue weighted by Gasteiger charge is -2.15. The topological polar surface area (TPSA) is 59.8 Å². The van der Waals surface area contributed by atoms with Crippen LogP contribution in [-0.4, -0.2) is 26.4 Å². The fourth-order valence-corrected chi connectivity index (χ4v) is 3.51. The number of hydrogen-bond donors (Lipinski definition) is 1. The van der Waals surface area contributed by atoms with E-state index in [9.17, 15) is 13.6 Å². The summed E-state index contributed by atoms with van der Waals surface area (Å²) in [6, 6.07) is 2.80. The number of amides is 1. The van der Waals surface area contributed by atoms with E-state index in [-0.39, 0.29) is 17.2 Å². The van der Waals surface area contributed by atoms with Crippen molar-refractivity contribution in [2.45, 2.75) is 50.4 Å². The maximum Gasteiger partial charge on any atom is 0.230 e. The Kier molecular flexibility index (Phi) is 5.36. The summed E-state index contributed by atoms with van der Waals surface area (Å²) in [5.41, 5.74) is 0.257. The Bertz CT molecular complexity index is 776. The molecule has 25 heavy (non-hydrogen) atoms. The van der Waals surface area contributed by atoms with Crippen molar-refractivity contribution >= 4 is 17.7 Å². The van der Waals surface area contributed by atoms with Gasteiger partial charge in [0.1, 0.15) is 17.5 Å². The molecule has 0 unspecified atom stereocenters. The lowest BCUT2D eigenvalue weighted by atomic mass is 10.1. The number of hydrogen-bond acceptors (Lipinski definition) is 4. The maximum absolute atomic E-state index is 13.8. The molecule has 1 aromatic carbocycles. The van der Waals surface area contributed by atoms with Gasteiger partial charge < -0.3 is 9.88 Å². The fraction of sp³-hybridized carbons (Fsp3) is 0.471. The number of rotatable bonds is 7. The summed E-state index contributed by atoms with van der Waals surface area (Å²) >= 11 is 1.31. The third-order valence-electron chi connectivity index (χ3n) is 4.14. The molecule has 0 bridgehead atoms. The van der Waals surface area contributed by atoms with Crippen molar-refractivity contribution in [2.24, 2.45) is 0 Å². The molecule has 8 heteroatoms. The Labute approximate surface area is 149 Å². The number of halogens is 2. The number of nitrogens with one attached hydrogen (secondary N) is 1. The van der Waals surface area contributed by atoms with Gasteiger partial charge in [0.2, 0.25) is 5.91 Å². The molecule has 1 N–H and O–H groups in total. The summed E-state index contributed by atoms with van der Waals surface area (Å²) in [7, 11) is 0. The predicted octanol–water partition coefficient (Wildman–Crippen LogP) is 3.42. The van der Waals surface area contributed by atoms with Crippen LogP contribution in [0.4, 0.5) is 8.78 Å². The third-order valence-corrected chi connectivity index (χ3v) is 5.11. The molecule has 3 rings (SSSR count). The quantitative estimate of drug-likeness (QED) is 0.763. The first-order chi connectivity index (χ1) is 12.0. The number of aromatic nitrogens is 3. The molecule has 1 atom stereocenters. The van der Waals surface area contributed by atoms with E-state index in [1.165, 1.54) is 23.9 Å². The summed E-state index contributed by atoms with van der Waals surface area (Å²) in [5.74, 6) is 0.112. The highest BCUT2D eigenvalue weighted by atomic mass is 32.2. The molecular weight excluding hydrogens is 346 g/mol. The maximum atomic E-state index is 13.8. The van der Waals surface area contributed by atoms with Crippen LogP contribution in [-0.2, 0) is 11.3 Å². The van der Waals surface area contributed by atoms with Crippen LogP contribution < -0.4 is 5.32 Å².